The number of likely N-dealkylation sites (tertiary alicyclic amines) is 1. The van der Waals surface area contributed by atoms with Gasteiger partial charge in [-0.15, -0.1) is 0 Å². The van der Waals surface area contributed by atoms with Gasteiger partial charge in [-0.05, 0) is 50.6 Å². The summed E-state index contributed by atoms with van der Waals surface area (Å²) < 4.78 is 0. The highest BCUT2D eigenvalue weighted by molar-refractivity contribution is 4.91. The van der Waals surface area contributed by atoms with Gasteiger partial charge in [-0.25, -0.2) is 0 Å². The fraction of sp³-hybridized carbons (Fsp3) is 1.00. The molecule has 2 N–H and O–H groups in total. The Bertz CT molecular complexity index is 224. The summed E-state index contributed by atoms with van der Waals surface area (Å²) in [6, 6.07) is 0. The lowest BCUT2D eigenvalue weighted by molar-refractivity contribution is 0.0340. The maximum absolute atomic E-state index is 6.00. The number of nitrogens with zero attached hydrogens (tertiary/aromatic N) is 1. The van der Waals surface area contributed by atoms with Crippen molar-refractivity contribution in [2.75, 3.05) is 19.6 Å². The number of hydrogen-bond donors (Lipinski definition) is 1. The van der Waals surface area contributed by atoms with E-state index in [4.69, 9.17) is 5.73 Å². The molecule has 17 heavy (non-hydrogen) atoms. The second-order valence-corrected chi connectivity index (χ2v) is 7.08. The van der Waals surface area contributed by atoms with Crippen LogP contribution in [0.4, 0.5) is 0 Å². The normalized spacial score (nSPS) is 23.6. The fourth-order valence-corrected chi connectivity index (χ4v) is 3.21. The molecule has 2 nitrogen and oxygen atoms in total. The van der Waals surface area contributed by atoms with Crippen molar-refractivity contribution < 1.29 is 0 Å². The predicted octanol–water partition coefficient (Wildman–Crippen LogP) is 3.26. The van der Waals surface area contributed by atoms with Crippen LogP contribution in [-0.4, -0.2) is 30.1 Å². The lowest BCUT2D eigenvalue weighted by atomic mass is 9.74. The lowest BCUT2D eigenvalue weighted by Crippen LogP contribution is -2.55. The number of piperidine rings is 1. The van der Waals surface area contributed by atoms with Gasteiger partial charge in [0.05, 0.1) is 0 Å². The molecular formula is C15H32N2. The molecule has 1 saturated heterocycles. The SMILES string of the molecule is CCCC(C)(CN)N1CCC(C(C)(C)C)CC1. The number of nitrogens with two attached hydrogens (primary N) is 1. The average Bonchev–Trinajstić information content (AvgIpc) is 2.28. The Labute approximate surface area is 108 Å². The molecule has 102 valence electrons. The van der Waals surface area contributed by atoms with E-state index in [9.17, 15) is 0 Å². The van der Waals surface area contributed by atoms with Gasteiger partial charge in [0.25, 0.3) is 0 Å². The smallest absolute Gasteiger partial charge is 0.0303 e. The highest BCUT2D eigenvalue weighted by atomic mass is 15.2. The minimum Gasteiger partial charge on any atom is -0.329 e. The van der Waals surface area contributed by atoms with Gasteiger partial charge in [-0.1, -0.05) is 34.1 Å². The molecule has 0 aliphatic carbocycles. The Kier molecular flexibility index (Phi) is 5.03. The Hall–Kier alpha value is -0.0800. The zero-order chi connectivity index (χ0) is 13.1. The molecule has 1 heterocycles. The summed E-state index contributed by atoms with van der Waals surface area (Å²) in [6.45, 7) is 15.0. The van der Waals surface area contributed by atoms with Crippen LogP contribution in [0.5, 0.6) is 0 Å². The molecule has 1 aliphatic heterocycles. The molecule has 0 spiro atoms. The first-order valence-corrected chi connectivity index (χ1v) is 7.28. The molecule has 0 saturated carbocycles. The standard InChI is InChI=1S/C15H32N2/c1-6-9-15(5,12-16)17-10-7-13(8-11-17)14(2,3)4/h13H,6-12,16H2,1-5H3. The molecule has 1 atom stereocenters. The van der Waals surface area contributed by atoms with Gasteiger partial charge in [0.1, 0.15) is 0 Å². The van der Waals surface area contributed by atoms with E-state index >= 15 is 0 Å². The number of rotatable bonds is 4. The van der Waals surface area contributed by atoms with E-state index in [1.807, 2.05) is 0 Å². The predicted molar refractivity (Wildman–Crippen MR) is 76.1 cm³/mol. The molecule has 1 aliphatic rings. The van der Waals surface area contributed by atoms with Crippen LogP contribution >= 0.6 is 0 Å². The van der Waals surface area contributed by atoms with Gasteiger partial charge in [-0.3, -0.25) is 4.90 Å². The average molecular weight is 240 g/mol. The van der Waals surface area contributed by atoms with Crippen molar-refractivity contribution in [3.63, 3.8) is 0 Å². The molecule has 0 radical (unpaired) electrons. The van der Waals surface area contributed by atoms with Gasteiger partial charge in [0, 0.05) is 12.1 Å². The van der Waals surface area contributed by atoms with Crippen LogP contribution in [0.25, 0.3) is 0 Å². The van der Waals surface area contributed by atoms with Crippen LogP contribution in [-0.2, 0) is 0 Å². The summed E-state index contributed by atoms with van der Waals surface area (Å²) in [5, 5.41) is 0. The van der Waals surface area contributed by atoms with Crippen molar-refractivity contribution >= 4 is 0 Å². The summed E-state index contributed by atoms with van der Waals surface area (Å²) in [5.74, 6) is 0.877. The Balaban J connectivity index is 2.56. The molecule has 2 heteroatoms. The van der Waals surface area contributed by atoms with Crippen LogP contribution in [0.2, 0.25) is 0 Å². The van der Waals surface area contributed by atoms with Crippen LogP contribution < -0.4 is 5.73 Å². The number of hydrogen-bond acceptors (Lipinski definition) is 2. The van der Waals surface area contributed by atoms with Crippen LogP contribution in [0, 0.1) is 11.3 Å². The molecule has 1 fully saturated rings. The fourth-order valence-electron chi connectivity index (χ4n) is 3.21. The second kappa shape index (κ2) is 5.71. The maximum atomic E-state index is 6.00. The van der Waals surface area contributed by atoms with Crippen molar-refractivity contribution in [1.29, 1.82) is 0 Å². The van der Waals surface area contributed by atoms with Crippen molar-refractivity contribution in [3.05, 3.63) is 0 Å². The van der Waals surface area contributed by atoms with Gasteiger partial charge < -0.3 is 5.73 Å². The van der Waals surface area contributed by atoms with Crippen molar-refractivity contribution in [3.8, 4) is 0 Å². The molecule has 0 aromatic carbocycles. The highest BCUT2D eigenvalue weighted by Crippen LogP contribution is 2.36. The van der Waals surface area contributed by atoms with E-state index in [-0.39, 0.29) is 5.54 Å². The topological polar surface area (TPSA) is 29.3 Å². The van der Waals surface area contributed by atoms with Crippen LogP contribution in [0.15, 0.2) is 0 Å². The van der Waals surface area contributed by atoms with E-state index in [1.54, 1.807) is 0 Å². The van der Waals surface area contributed by atoms with Gasteiger partial charge in [0.2, 0.25) is 0 Å². The third-order valence-electron chi connectivity index (χ3n) is 4.71. The van der Waals surface area contributed by atoms with Gasteiger partial charge in [-0.2, -0.15) is 0 Å². The van der Waals surface area contributed by atoms with Crippen LogP contribution in [0.1, 0.15) is 60.3 Å². The molecule has 1 rings (SSSR count). The second-order valence-electron chi connectivity index (χ2n) is 7.08. The minimum absolute atomic E-state index is 0.234. The first-order chi connectivity index (χ1) is 7.83. The third-order valence-corrected chi connectivity index (χ3v) is 4.71. The summed E-state index contributed by atoms with van der Waals surface area (Å²) in [6.07, 6.45) is 5.13. The lowest BCUT2D eigenvalue weighted by Gasteiger charge is -2.47. The van der Waals surface area contributed by atoms with Crippen molar-refractivity contribution in [2.24, 2.45) is 17.1 Å². The van der Waals surface area contributed by atoms with Crippen molar-refractivity contribution in [1.82, 2.24) is 4.90 Å². The molecule has 1 unspecified atom stereocenters. The Morgan fingerprint density at radius 3 is 2.00 bits per heavy atom. The monoisotopic (exact) mass is 240 g/mol. The maximum Gasteiger partial charge on any atom is 0.0303 e. The Morgan fingerprint density at radius 1 is 1.12 bits per heavy atom. The van der Waals surface area contributed by atoms with Gasteiger partial charge >= 0.3 is 0 Å². The van der Waals surface area contributed by atoms with E-state index in [1.165, 1.54) is 38.8 Å². The van der Waals surface area contributed by atoms with E-state index in [2.05, 4.69) is 39.5 Å². The zero-order valence-electron chi connectivity index (χ0n) is 12.6. The van der Waals surface area contributed by atoms with Gasteiger partial charge in [0.15, 0.2) is 0 Å². The summed E-state index contributed by atoms with van der Waals surface area (Å²) in [5.41, 5.74) is 6.70. The first-order valence-electron chi connectivity index (χ1n) is 7.28. The van der Waals surface area contributed by atoms with E-state index < -0.39 is 0 Å². The zero-order valence-corrected chi connectivity index (χ0v) is 12.6. The Morgan fingerprint density at radius 2 is 1.65 bits per heavy atom. The highest BCUT2D eigenvalue weighted by Gasteiger charge is 2.35. The quantitative estimate of drug-likeness (QED) is 0.817. The minimum atomic E-state index is 0.234. The molecule has 0 amide bonds. The molecule has 0 bridgehead atoms. The third kappa shape index (κ3) is 3.69. The van der Waals surface area contributed by atoms with Crippen LogP contribution in [0.3, 0.4) is 0 Å². The van der Waals surface area contributed by atoms with E-state index in [0.29, 0.717) is 5.41 Å². The first kappa shape index (κ1) is 15.0. The van der Waals surface area contributed by atoms with E-state index in [0.717, 1.165) is 12.5 Å². The summed E-state index contributed by atoms with van der Waals surface area (Å²) >= 11 is 0. The summed E-state index contributed by atoms with van der Waals surface area (Å²) in [7, 11) is 0. The summed E-state index contributed by atoms with van der Waals surface area (Å²) in [4.78, 5) is 2.64. The molecule has 0 aromatic heterocycles. The molecular weight excluding hydrogens is 208 g/mol. The molecule has 0 aromatic rings. The van der Waals surface area contributed by atoms with Crippen molar-refractivity contribution in [2.45, 2.75) is 65.8 Å². The largest absolute Gasteiger partial charge is 0.329 e.